The highest BCUT2D eigenvalue weighted by Gasteiger charge is 2.49. The number of allylic oxidation sites excluding steroid dienone is 5. The SMILES string of the molecule is C=C/C=C\C(=C(/N)[C@H](C)OC)c1c(CC=C)c2cc(-c3csc(CC(CC(=O)C4[C@@H](C)[C@H]4C)C(=O)N4CCC[C@@H](C(=O)OCCC)[N+]4=C)n3)ccc2n1CCO[C@@H]1CCOC1. The molecule has 61 heavy (non-hydrogen) atoms. The van der Waals surface area contributed by atoms with E-state index in [1.54, 1.807) is 18.2 Å². The third-order valence-electron chi connectivity index (χ3n) is 12.6. The smallest absolute Gasteiger partial charge is 0.378 e. The number of Topliss-reactive ketones (excluding diaryl/α,β-unsaturated/α-hetero) is 1. The maximum atomic E-state index is 14.4. The Bertz CT molecular complexity index is 2150. The van der Waals surface area contributed by atoms with Gasteiger partial charge in [-0.05, 0) is 62.1 Å². The minimum Gasteiger partial charge on any atom is -0.461 e. The Balaban J connectivity index is 1.35. The predicted molar refractivity (Wildman–Crippen MR) is 241 cm³/mol. The van der Waals surface area contributed by atoms with Crippen LogP contribution in [0.15, 0.2) is 66.7 Å². The molecule has 1 aliphatic carbocycles. The number of ketones is 1. The zero-order chi connectivity index (χ0) is 43.8. The van der Waals surface area contributed by atoms with Crippen LogP contribution in [0.2, 0.25) is 0 Å². The molecule has 2 saturated heterocycles. The van der Waals surface area contributed by atoms with Gasteiger partial charge in [0.1, 0.15) is 5.78 Å². The average molecular weight is 855 g/mol. The maximum Gasteiger partial charge on any atom is 0.378 e. The number of ether oxygens (including phenoxy) is 4. The molecule has 3 fully saturated rings. The second kappa shape index (κ2) is 20.9. The van der Waals surface area contributed by atoms with Crippen LogP contribution in [0, 0.1) is 23.7 Å². The molecule has 3 aromatic rings. The van der Waals surface area contributed by atoms with Crippen LogP contribution < -0.4 is 5.73 Å². The molecular weight excluding hydrogens is 791 g/mol. The van der Waals surface area contributed by atoms with Crippen LogP contribution in [0.1, 0.15) is 76.1 Å². The molecule has 12 nitrogen and oxygen atoms in total. The molecule has 13 heteroatoms. The van der Waals surface area contributed by atoms with Crippen LogP contribution in [0.4, 0.5) is 0 Å². The molecular formula is C48H64N5O7S+. The maximum absolute atomic E-state index is 14.4. The Labute approximate surface area is 364 Å². The molecule has 1 aromatic carbocycles. The first-order chi connectivity index (χ1) is 29.4. The van der Waals surface area contributed by atoms with Crippen molar-refractivity contribution in [1.29, 1.82) is 0 Å². The molecule has 2 aromatic heterocycles. The number of carbonyl (C=O) groups excluding carboxylic acids is 3. The summed E-state index contributed by atoms with van der Waals surface area (Å²) in [7, 11) is 1.65. The highest BCUT2D eigenvalue weighted by Crippen LogP contribution is 2.47. The minimum absolute atomic E-state index is 0.0520. The summed E-state index contributed by atoms with van der Waals surface area (Å²) in [6.45, 7) is 23.3. The molecule has 4 heterocycles. The van der Waals surface area contributed by atoms with Gasteiger partial charge in [0, 0.05) is 78.6 Å². The van der Waals surface area contributed by atoms with Crippen molar-refractivity contribution in [3.63, 3.8) is 0 Å². The summed E-state index contributed by atoms with van der Waals surface area (Å²) in [6, 6.07) is 5.69. The molecule has 2 aliphatic heterocycles. The van der Waals surface area contributed by atoms with Crippen molar-refractivity contribution in [3.05, 3.63) is 83.0 Å². The van der Waals surface area contributed by atoms with Gasteiger partial charge in [0.05, 0.1) is 60.9 Å². The fourth-order valence-corrected chi connectivity index (χ4v) is 9.63. The largest absolute Gasteiger partial charge is 0.461 e. The van der Waals surface area contributed by atoms with Gasteiger partial charge in [-0.25, -0.2) is 9.78 Å². The highest BCUT2D eigenvalue weighted by atomic mass is 32.1. The van der Waals surface area contributed by atoms with Gasteiger partial charge in [-0.1, -0.05) is 57.7 Å². The third kappa shape index (κ3) is 10.3. The van der Waals surface area contributed by atoms with Gasteiger partial charge in [-0.2, -0.15) is 0 Å². The highest BCUT2D eigenvalue weighted by molar-refractivity contribution is 7.10. The molecule has 3 aliphatic rings. The Hall–Kier alpha value is -4.69. The van der Waals surface area contributed by atoms with Gasteiger partial charge < -0.3 is 29.2 Å². The van der Waals surface area contributed by atoms with E-state index < -0.39 is 12.0 Å². The van der Waals surface area contributed by atoms with E-state index in [4.69, 9.17) is 29.7 Å². The second-order valence-electron chi connectivity index (χ2n) is 16.6. The van der Waals surface area contributed by atoms with E-state index in [-0.39, 0.29) is 48.6 Å². The molecule has 6 rings (SSSR count). The Morgan fingerprint density at radius 3 is 2.62 bits per heavy atom. The number of fused-ring (bicyclic) bond motifs is 1. The van der Waals surface area contributed by atoms with Crippen molar-refractivity contribution >= 4 is 52.2 Å². The van der Waals surface area contributed by atoms with Crippen molar-refractivity contribution in [3.8, 4) is 11.3 Å². The summed E-state index contributed by atoms with van der Waals surface area (Å²) in [5, 5.41) is 5.35. The van der Waals surface area contributed by atoms with Gasteiger partial charge >= 0.3 is 5.97 Å². The molecule has 7 atom stereocenters. The first-order valence-corrected chi connectivity index (χ1v) is 22.6. The first kappa shape index (κ1) is 45.8. The lowest BCUT2D eigenvalue weighted by atomic mass is 9.94. The average Bonchev–Trinajstić information content (AvgIpc) is 3.74. The lowest BCUT2D eigenvalue weighted by molar-refractivity contribution is -0.693. The van der Waals surface area contributed by atoms with Crippen LogP contribution in [0.5, 0.6) is 0 Å². The fraction of sp³-hybridized carbons (Fsp3) is 0.521. The molecule has 2 unspecified atom stereocenters. The second-order valence-corrected chi connectivity index (χ2v) is 17.5. The van der Waals surface area contributed by atoms with Crippen LogP contribution in [0.25, 0.3) is 27.7 Å². The Morgan fingerprint density at radius 2 is 1.95 bits per heavy atom. The van der Waals surface area contributed by atoms with E-state index in [0.717, 1.165) is 50.4 Å². The molecule has 1 saturated carbocycles. The van der Waals surface area contributed by atoms with Crippen LogP contribution in [-0.2, 0) is 52.7 Å². The van der Waals surface area contributed by atoms with Crippen molar-refractivity contribution in [2.45, 2.75) is 97.4 Å². The number of hydrogen-bond donors (Lipinski definition) is 1. The summed E-state index contributed by atoms with van der Waals surface area (Å²) in [6.07, 6.45) is 10.9. The van der Waals surface area contributed by atoms with E-state index in [1.165, 1.54) is 16.0 Å². The minimum atomic E-state index is -0.661. The summed E-state index contributed by atoms with van der Waals surface area (Å²) < 4.78 is 26.7. The first-order valence-electron chi connectivity index (χ1n) is 21.8. The summed E-state index contributed by atoms with van der Waals surface area (Å²) in [5.41, 5.74) is 13.0. The number of aromatic nitrogens is 2. The number of carbonyl (C=O) groups is 3. The number of methoxy groups -OCH3 is 1. The number of hydrazine groups is 1. The Morgan fingerprint density at radius 1 is 1.16 bits per heavy atom. The topological polar surface area (TPSA) is 138 Å². The molecule has 328 valence electrons. The quantitative estimate of drug-likeness (QED) is 0.0505. The monoisotopic (exact) mass is 854 g/mol. The van der Waals surface area contributed by atoms with Crippen molar-refractivity contribution in [2.24, 2.45) is 29.4 Å². The third-order valence-corrected chi connectivity index (χ3v) is 13.5. The number of amides is 1. The Kier molecular flexibility index (Phi) is 15.7. The number of thiazole rings is 1. The standard InChI is InChI=1S/C48H64N5O7S/c1-9-12-15-37(45(49)32(6)57-8)46-36(14-10-2)38-25-33(17-18-40(38)52(46)21-24-59-35-19-23-58-28-35)39-29-61-43(50-39)27-34(26-42(54)44-30(4)31(44)5)47(55)53-20-13-16-41(51(53)7)48(56)60-22-11-3/h9-10,12,15,17-18,25,29-32,34-35,41,44H,1-2,7,11,13-14,16,19-24,26-28,49H2,3-6,8H3/q+1/b15-12-,45-37+/t30-,31+,32-,34?,35+,41-,44?/m0/s1. The predicted octanol–water partition coefficient (Wildman–Crippen LogP) is 7.34. The van der Waals surface area contributed by atoms with Crippen LogP contribution >= 0.6 is 11.3 Å². The molecule has 0 radical (unpaired) electrons. The zero-order valence-corrected chi connectivity index (χ0v) is 37.4. The molecule has 0 bridgehead atoms. The number of hydrogen-bond acceptors (Lipinski definition) is 10. The van der Waals surface area contributed by atoms with E-state index >= 15 is 0 Å². The normalized spacial score (nSPS) is 22.9. The van der Waals surface area contributed by atoms with E-state index in [2.05, 4.69) is 56.5 Å². The number of rotatable bonds is 21. The van der Waals surface area contributed by atoms with Gasteiger partial charge in [0.2, 0.25) is 0 Å². The summed E-state index contributed by atoms with van der Waals surface area (Å²) >= 11 is 1.48. The molecule has 2 N–H and O–H groups in total. The van der Waals surface area contributed by atoms with Gasteiger partial charge in [-0.15, -0.1) is 27.6 Å². The van der Waals surface area contributed by atoms with Crippen molar-refractivity contribution < 1.29 is 38.0 Å². The van der Waals surface area contributed by atoms with E-state index in [1.807, 2.05) is 37.5 Å². The van der Waals surface area contributed by atoms with Crippen LogP contribution in [0.3, 0.4) is 0 Å². The summed E-state index contributed by atoms with van der Waals surface area (Å²) in [5.74, 6) is -0.636. The van der Waals surface area contributed by atoms with E-state index in [9.17, 15) is 14.4 Å². The molecule has 1 amide bonds. The van der Waals surface area contributed by atoms with Crippen LogP contribution in [-0.4, -0.2) is 102 Å². The lowest BCUT2D eigenvalue weighted by Gasteiger charge is -2.29. The number of nitrogens with zero attached hydrogens (tertiary/aromatic N) is 4. The fourth-order valence-electron chi connectivity index (χ4n) is 8.74. The van der Waals surface area contributed by atoms with Crippen molar-refractivity contribution in [2.75, 3.05) is 40.1 Å². The number of nitrogens with two attached hydrogens (primary N) is 1. The lowest BCUT2D eigenvalue weighted by Crippen LogP contribution is -2.54. The number of esters is 1. The van der Waals surface area contributed by atoms with E-state index in [0.29, 0.717) is 82.7 Å². The van der Waals surface area contributed by atoms with Gasteiger partial charge in [-0.3, -0.25) is 9.59 Å². The zero-order valence-electron chi connectivity index (χ0n) is 36.6. The summed E-state index contributed by atoms with van der Waals surface area (Å²) in [4.78, 5) is 46.1. The van der Waals surface area contributed by atoms with Crippen molar-refractivity contribution in [1.82, 2.24) is 14.6 Å². The number of hydrazone groups is 1. The van der Waals surface area contributed by atoms with Gasteiger partial charge in [0.15, 0.2) is 6.72 Å². The number of benzene rings is 1. The van der Waals surface area contributed by atoms with Gasteiger partial charge in [0.25, 0.3) is 11.9 Å². The molecule has 0 spiro atoms.